The lowest BCUT2D eigenvalue weighted by Gasteiger charge is -2.06. The molecule has 0 spiro atoms. The fourth-order valence-electron chi connectivity index (χ4n) is 3.13. The van der Waals surface area contributed by atoms with Crippen LogP contribution in [0, 0.1) is 6.92 Å². The number of carbonyl (C=O) groups excluding carboxylic acids is 1. The molecule has 0 saturated carbocycles. The van der Waals surface area contributed by atoms with Gasteiger partial charge in [-0.2, -0.15) is 0 Å². The van der Waals surface area contributed by atoms with Crippen molar-refractivity contribution >= 4 is 28.5 Å². The van der Waals surface area contributed by atoms with Crippen molar-refractivity contribution < 1.29 is 13.9 Å². The highest BCUT2D eigenvalue weighted by Gasteiger charge is 2.19. The molecular formula is C23H21N3O3S. The third kappa shape index (κ3) is 3.89. The molecule has 2 aromatic heterocycles. The van der Waals surface area contributed by atoms with Crippen LogP contribution in [0.3, 0.4) is 0 Å². The molecule has 0 N–H and O–H groups in total. The predicted octanol–water partition coefficient (Wildman–Crippen LogP) is 5.17. The molecule has 2 heterocycles. The Balaban J connectivity index is 1.61. The number of furan rings is 1. The Morgan fingerprint density at radius 2 is 2.03 bits per heavy atom. The summed E-state index contributed by atoms with van der Waals surface area (Å²) in [6.07, 6.45) is 1.77. The van der Waals surface area contributed by atoms with Gasteiger partial charge in [0, 0.05) is 17.5 Å². The molecule has 0 fully saturated rings. The van der Waals surface area contributed by atoms with Crippen molar-refractivity contribution in [2.75, 3.05) is 12.9 Å². The summed E-state index contributed by atoms with van der Waals surface area (Å²) < 4.78 is 13.3. The van der Waals surface area contributed by atoms with Gasteiger partial charge in [0.15, 0.2) is 28.0 Å². The number of allylic oxidation sites excluding steroid dienone is 1. The highest BCUT2D eigenvalue weighted by molar-refractivity contribution is 7.99. The topological polar surface area (TPSA) is 70.2 Å². The van der Waals surface area contributed by atoms with Crippen molar-refractivity contribution in [1.29, 1.82) is 0 Å². The molecule has 0 radical (unpaired) electrons. The summed E-state index contributed by atoms with van der Waals surface area (Å²) in [5.41, 5.74) is 2.47. The van der Waals surface area contributed by atoms with Gasteiger partial charge in [-0.3, -0.25) is 9.36 Å². The molecule has 0 aliphatic heterocycles. The maximum absolute atomic E-state index is 12.5. The summed E-state index contributed by atoms with van der Waals surface area (Å²) in [7, 11) is 1.61. The van der Waals surface area contributed by atoms with Crippen LogP contribution < -0.4 is 4.74 Å². The zero-order valence-corrected chi connectivity index (χ0v) is 17.6. The molecule has 0 saturated heterocycles. The first-order valence-corrected chi connectivity index (χ1v) is 10.4. The van der Waals surface area contributed by atoms with E-state index < -0.39 is 0 Å². The van der Waals surface area contributed by atoms with Crippen LogP contribution in [-0.2, 0) is 6.54 Å². The van der Waals surface area contributed by atoms with Crippen LogP contribution in [0.1, 0.15) is 15.9 Å². The van der Waals surface area contributed by atoms with E-state index in [9.17, 15) is 4.79 Å². The van der Waals surface area contributed by atoms with Gasteiger partial charge in [-0.25, -0.2) is 0 Å². The van der Waals surface area contributed by atoms with Crippen molar-refractivity contribution in [2.24, 2.45) is 0 Å². The van der Waals surface area contributed by atoms with Crippen LogP contribution in [0.25, 0.3) is 22.6 Å². The fourth-order valence-corrected chi connectivity index (χ4v) is 3.97. The predicted molar refractivity (Wildman–Crippen MR) is 118 cm³/mol. The summed E-state index contributed by atoms with van der Waals surface area (Å²) >= 11 is 1.35. The van der Waals surface area contributed by atoms with E-state index in [0.29, 0.717) is 40.2 Å². The monoisotopic (exact) mass is 419 g/mol. The zero-order valence-electron chi connectivity index (χ0n) is 16.8. The standard InChI is InChI=1S/C23H21N3O3S/c1-4-12-26-22(20-13-17-6-5-7-19(28-3)21(17)29-20)24-25-23(26)30-14-18(27)16-10-8-15(2)9-11-16/h4-11,13H,1,12,14H2,2-3H3. The molecule has 0 bridgehead atoms. The number of rotatable bonds is 8. The molecule has 2 aromatic carbocycles. The van der Waals surface area contributed by atoms with Gasteiger partial charge in [0.2, 0.25) is 5.82 Å². The first-order chi connectivity index (χ1) is 14.6. The molecule has 30 heavy (non-hydrogen) atoms. The largest absolute Gasteiger partial charge is 0.493 e. The first kappa shape index (κ1) is 20.0. The van der Waals surface area contributed by atoms with Crippen molar-refractivity contribution in [2.45, 2.75) is 18.6 Å². The van der Waals surface area contributed by atoms with Crippen LogP contribution in [0.2, 0.25) is 0 Å². The van der Waals surface area contributed by atoms with Gasteiger partial charge in [-0.15, -0.1) is 16.8 Å². The lowest BCUT2D eigenvalue weighted by atomic mass is 10.1. The maximum atomic E-state index is 12.5. The Bertz CT molecular complexity index is 1210. The van der Waals surface area contributed by atoms with Crippen LogP contribution in [0.15, 0.2) is 70.8 Å². The molecule has 0 amide bonds. The van der Waals surface area contributed by atoms with Crippen molar-refractivity contribution in [1.82, 2.24) is 14.8 Å². The maximum Gasteiger partial charge on any atom is 0.200 e. The third-order valence-electron chi connectivity index (χ3n) is 4.68. The first-order valence-electron chi connectivity index (χ1n) is 9.44. The number of thioether (sulfide) groups is 1. The molecule has 6 nitrogen and oxygen atoms in total. The van der Waals surface area contributed by atoms with Gasteiger partial charge in [0.05, 0.1) is 12.9 Å². The summed E-state index contributed by atoms with van der Waals surface area (Å²) in [4.78, 5) is 12.5. The van der Waals surface area contributed by atoms with Crippen molar-refractivity contribution in [3.05, 3.63) is 72.3 Å². The molecule has 0 aliphatic carbocycles. The van der Waals surface area contributed by atoms with E-state index in [1.54, 1.807) is 13.2 Å². The number of methoxy groups -OCH3 is 1. The highest BCUT2D eigenvalue weighted by Crippen LogP contribution is 2.34. The minimum Gasteiger partial charge on any atom is -0.493 e. The van der Waals surface area contributed by atoms with Gasteiger partial charge >= 0.3 is 0 Å². The molecule has 0 atom stereocenters. The van der Waals surface area contributed by atoms with E-state index in [0.717, 1.165) is 10.9 Å². The third-order valence-corrected chi connectivity index (χ3v) is 5.65. The van der Waals surface area contributed by atoms with Gasteiger partial charge in [-0.1, -0.05) is 59.8 Å². The molecule has 152 valence electrons. The molecule has 0 aliphatic rings. The number of fused-ring (bicyclic) bond motifs is 1. The van der Waals surface area contributed by atoms with Gasteiger partial charge in [-0.05, 0) is 19.1 Å². The second-order valence-corrected chi connectivity index (χ2v) is 7.72. The minimum absolute atomic E-state index is 0.0446. The van der Waals surface area contributed by atoms with Crippen molar-refractivity contribution in [3.8, 4) is 17.3 Å². The lowest BCUT2D eigenvalue weighted by Crippen LogP contribution is -2.05. The molecule has 4 aromatic rings. The number of hydrogen-bond donors (Lipinski definition) is 0. The number of Topliss-reactive ketones (excluding diaryl/α,β-unsaturated/α-hetero) is 1. The number of para-hydroxylation sites is 1. The second-order valence-electron chi connectivity index (χ2n) is 6.77. The summed E-state index contributed by atoms with van der Waals surface area (Å²) in [5, 5.41) is 10.2. The lowest BCUT2D eigenvalue weighted by molar-refractivity contribution is 0.102. The number of hydrogen-bond acceptors (Lipinski definition) is 6. The average Bonchev–Trinajstić information content (AvgIpc) is 3.36. The van der Waals surface area contributed by atoms with Gasteiger partial charge < -0.3 is 9.15 Å². The van der Waals surface area contributed by atoms with Crippen LogP contribution in [0.4, 0.5) is 0 Å². The van der Waals surface area contributed by atoms with Crippen LogP contribution >= 0.6 is 11.8 Å². The van der Waals surface area contributed by atoms with Crippen molar-refractivity contribution in [3.63, 3.8) is 0 Å². The number of benzene rings is 2. The number of nitrogens with zero attached hydrogens (tertiary/aromatic N) is 3. The fraction of sp³-hybridized carbons (Fsp3) is 0.174. The number of aryl methyl sites for hydroxylation is 1. The Kier molecular flexibility index (Phi) is 5.72. The number of carbonyl (C=O) groups is 1. The Hall–Kier alpha value is -3.32. The molecule has 0 unspecified atom stereocenters. The van der Waals surface area contributed by atoms with E-state index in [2.05, 4.69) is 16.8 Å². The SMILES string of the molecule is C=CCn1c(SCC(=O)c2ccc(C)cc2)nnc1-c1cc2cccc(OC)c2o1. The quantitative estimate of drug-likeness (QED) is 0.223. The van der Waals surface area contributed by atoms with E-state index >= 15 is 0 Å². The summed E-state index contributed by atoms with van der Waals surface area (Å²) in [5.74, 6) is 2.14. The molecule has 4 rings (SSSR count). The summed E-state index contributed by atoms with van der Waals surface area (Å²) in [6.45, 7) is 6.32. The summed E-state index contributed by atoms with van der Waals surface area (Å²) in [6, 6.07) is 15.2. The number of aromatic nitrogens is 3. The Morgan fingerprint density at radius 1 is 1.23 bits per heavy atom. The molecule has 7 heteroatoms. The van der Waals surface area contributed by atoms with E-state index in [1.807, 2.05) is 60.0 Å². The average molecular weight is 420 g/mol. The second kappa shape index (κ2) is 8.59. The minimum atomic E-state index is 0.0446. The van der Waals surface area contributed by atoms with E-state index in [-0.39, 0.29) is 11.5 Å². The van der Waals surface area contributed by atoms with E-state index in [4.69, 9.17) is 9.15 Å². The Morgan fingerprint density at radius 3 is 2.77 bits per heavy atom. The van der Waals surface area contributed by atoms with Crippen LogP contribution in [-0.4, -0.2) is 33.4 Å². The normalized spacial score (nSPS) is 11.0. The van der Waals surface area contributed by atoms with E-state index in [1.165, 1.54) is 11.8 Å². The Labute approximate surface area is 178 Å². The highest BCUT2D eigenvalue weighted by atomic mass is 32.2. The smallest absolute Gasteiger partial charge is 0.200 e. The van der Waals surface area contributed by atoms with Crippen LogP contribution in [0.5, 0.6) is 5.75 Å². The number of ether oxygens (including phenoxy) is 1. The number of ketones is 1. The van der Waals surface area contributed by atoms with Gasteiger partial charge in [0.1, 0.15) is 0 Å². The van der Waals surface area contributed by atoms with Gasteiger partial charge in [0.25, 0.3) is 0 Å². The molecular weight excluding hydrogens is 398 g/mol. The zero-order chi connectivity index (χ0) is 21.1.